The predicted octanol–water partition coefficient (Wildman–Crippen LogP) is 3.18. The first-order chi connectivity index (χ1) is 10.8. The number of nitrogens with one attached hydrogen (secondary N) is 2. The highest BCUT2D eigenvalue weighted by Gasteiger charge is 2.11. The molecule has 0 aromatic heterocycles. The molecule has 5 nitrogen and oxygen atoms in total. The highest BCUT2D eigenvalue weighted by molar-refractivity contribution is 7.92. The second kappa shape index (κ2) is 6.83. The zero-order valence-corrected chi connectivity index (χ0v) is 14.2. The van der Waals surface area contributed by atoms with E-state index in [1.807, 2.05) is 31.2 Å². The van der Waals surface area contributed by atoms with Crippen molar-refractivity contribution >= 4 is 27.3 Å². The van der Waals surface area contributed by atoms with Crippen molar-refractivity contribution in [3.8, 4) is 0 Å². The number of hydrogen-bond donors (Lipinski definition) is 2. The van der Waals surface area contributed by atoms with E-state index in [0.29, 0.717) is 16.9 Å². The number of aryl methyl sites for hydroxylation is 2. The summed E-state index contributed by atoms with van der Waals surface area (Å²) < 4.78 is 25.2. The van der Waals surface area contributed by atoms with Crippen molar-refractivity contribution in [1.29, 1.82) is 0 Å². The summed E-state index contributed by atoms with van der Waals surface area (Å²) >= 11 is 0. The van der Waals surface area contributed by atoms with E-state index in [9.17, 15) is 13.2 Å². The Morgan fingerprint density at radius 1 is 1.13 bits per heavy atom. The number of carbonyl (C=O) groups is 1. The van der Waals surface area contributed by atoms with Crippen LogP contribution in [-0.4, -0.2) is 20.6 Å². The van der Waals surface area contributed by atoms with Crippen LogP contribution in [0.5, 0.6) is 0 Å². The molecule has 0 heterocycles. The number of sulfonamides is 1. The van der Waals surface area contributed by atoms with Crippen LogP contribution in [0.2, 0.25) is 0 Å². The first kappa shape index (κ1) is 17.0. The van der Waals surface area contributed by atoms with Gasteiger partial charge in [0, 0.05) is 11.3 Å². The molecule has 2 rings (SSSR count). The van der Waals surface area contributed by atoms with Crippen LogP contribution in [0.25, 0.3) is 0 Å². The van der Waals surface area contributed by atoms with Crippen molar-refractivity contribution in [2.45, 2.75) is 20.3 Å². The van der Waals surface area contributed by atoms with E-state index < -0.39 is 10.0 Å². The fraction of sp³-hybridized carbons (Fsp3) is 0.235. The lowest BCUT2D eigenvalue weighted by Gasteiger charge is -2.11. The Bertz CT molecular complexity index is 829. The Labute approximate surface area is 136 Å². The summed E-state index contributed by atoms with van der Waals surface area (Å²) in [7, 11) is -3.39. The molecular formula is C17H20N2O3S. The number of carbonyl (C=O) groups excluding carboxylic acids is 1. The minimum Gasteiger partial charge on any atom is -0.322 e. The zero-order valence-electron chi connectivity index (χ0n) is 13.4. The molecule has 0 bridgehead atoms. The van der Waals surface area contributed by atoms with Gasteiger partial charge in [-0.15, -0.1) is 0 Å². The van der Waals surface area contributed by atoms with Gasteiger partial charge in [-0.2, -0.15) is 0 Å². The molecule has 0 fully saturated rings. The molecule has 0 spiro atoms. The zero-order chi connectivity index (χ0) is 17.0. The average molecular weight is 332 g/mol. The minimum absolute atomic E-state index is 0.283. The molecule has 2 aromatic carbocycles. The molecule has 0 saturated heterocycles. The maximum Gasteiger partial charge on any atom is 0.255 e. The minimum atomic E-state index is -3.39. The summed E-state index contributed by atoms with van der Waals surface area (Å²) in [5, 5.41) is 2.83. The molecular weight excluding hydrogens is 312 g/mol. The van der Waals surface area contributed by atoms with Crippen molar-refractivity contribution in [3.05, 3.63) is 59.2 Å². The number of hydrogen-bond acceptors (Lipinski definition) is 3. The first-order valence-electron chi connectivity index (χ1n) is 7.27. The molecule has 0 aliphatic carbocycles. The van der Waals surface area contributed by atoms with Crippen LogP contribution < -0.4 is 10.0 Å². The maximum absolute atomic E-state index is 12.4. The summed E-state index contributed by atoms with van der Waals surface area (Å²) in [4.78, 5) is 12.4. The Morgan fingerprint density at radius 2 is 1.87 bits per heavy atom. The maximum atomic E-state index is 12.4. The first-order valence-corrected chi connectivity index (χ1v) is 9.16. The van der Waals surface area contributed by atoms with E-state index >= 15 is 0 Å². The Balaban J connectivity index is 2.23. The highest BCUT2D eigenvalue weighted by Crippen LogP contribution is 2.19. The second-order valence-corrected chi connectivity index (χ2v) is 7.16. The van der Waals surface area contributed by atoms with Gasteiger partial charge < -0.3 is 5.32 Å². The van der Waals surface area contributed by atoms with Crippen molar-refractivity contribution in [2.24, 2.45) is 0 Å². The Hall–Kier alpha value is -2.34. The van der Waals surface area contributed by atoms with E-state index in [1.54, 1.807) is 19.1 Å². The molecule has 0 saturated carbocycles. The highest BCUT2D eigenvalue weighted by atomic mass is 32.2. The van der Waals surface area contributed by atoms with Crippen LogP contribution in [0.1, 0.15) is 28.4 Å². The summed E-state index contributed by atoms with van der Waals surface area (Å²) in [6.07, 6.45) is 1.96. The number of benzene rings is 2. The predicted molar refractivity (Wildman–Crippen MR) is 93.4 cm³/mol. The Morgan fingerprint density at radius 3 is 2.52 bits per heavy atom. The van der Waals surface area contributed by atoms with Crippen molar-refractivity contribution < 1.29 is 13.2 Å². The van der Waals surface area contributed by atoms with E-state index in [0.717, 1.165) is 23.8 Å². The molecule has 0 radical (unpaired) electrons. The van der Waals surface area contributed by atoms with Crippen molar-refractivity contribution in [3.63, 3.8) is 0 Å². The van der Waals surface area contributed by atoms with Gasteiger partial charge in [-0.05, 0) is 48.7 Å². The molecule has 2 N–H and O–H groups in total. The summed E-state index contributed by atoms with van der Waals surface area (Å²) in [6.45, 7) is 3.82. The quantitative estimate of drug-likeness (QED) is 0.883. The third kappa shape index (κ3) is 4.82. The van der Waals surface area contributed by atoms with Gasteiger partial charge in [-0.3, -0.25) is 9.52 Å². The van der Waals surface area contributed by atoms with E-state index in [1.165, 1.54) is 6.07 Å². The third-order valence-electron chi connectivity index (χ3n) is 3.39. The summed E-state index contributed by atoms with van der Waals surface area (Å²) in [6, 6.07) is 12.5. The van der Waals surface area contributed by atoms with Gasteiger partial charge >= 0.3 is 0 Å². The van der Waals surface area contributed by atoms with Gasteiger partial charge in [0.15, 0.2) is 0 Å². The van der Waals surface area contributed by atoms with E-state index in [-0.39, 0.29) is 5.91 Å². The lowest BCUT2D eigenvalue weighted by molar-refractivity contribution is 0.102. The number of amides is 1. The summed E-state index contributed by atoms with van der Waals surface area (Å²) in [5.41, 5.74) is 3.39. The number of rotatable bonds is 5. The second-order valence-electron chi connectivity index (χ2n) is 5.41. The lowest BCUT2D eigenvalue weighted by Crippen LogP contribution is -2.14. The lowest BCUT2D eigenvalue weighted by atomic mass is 10.1. The molecule has 0 unspecified atom stereocenters. The SMILES string of the molecule is CCc1cccc(NC(=O)c2ccc(C)c(NS(C)(=O)=O)c2)c1. The largest absolute Gasteiger partial charge is 0.322 e. The molecule has 0 aliphatic heterocycles. The third-order valence-corrected chi connectivity index (χ3v) is 3.98. The molecule has 122 valence electrons. The fourth-order valence-corrected chi connectivity index (χ4v) is 2.76. The number of anilines is 2. The fourth-order valence-electron chi connectivity index (χ4n) is 2.15. The van der Waals surface area contributed by atoms with Gasteiger partial charge in [-0.1, -0.05) is 25.1 Å². The van der Waals surface area contributed by atoms with Crippen LogP contribution in [0.4, 0.5) is 11.4 Å². The summed E-state index contributed by atoms with van der Waals surface area (Å²) in [5.74, 6) is -0.283. The van der Waals surface area contributed by atoms with Gasteiger partial charge in [0.2, 0.25) is 10.0 Å². The van der Waals surface area contributed by atoms with Crippen LogP contribution in [0.3, 0.4) is 0 Å². The smallest absolute Gasteiger partial charge is 0.255 e. The molecule has 1 amide bonds. The van der Waals surface area contributed by atoms with Gasteiger partial charge in [0.05, 0.1) is 11.9 Å². The van der Waals surface area contributed by atoms with Crippen LogP contribution >= 0.6 is 0 Å². The van der Waals surface area contributed by atoms with Crippen molar-refractivity contribution in [2.75, 3.05) is 16.3 Å². The van der Waals surface area contributed by atoms with Gasteiger partial charge in [0.1, 0.15) is 0 Å². The van der Waals surface area contributed by atoms with Crippen LogP contribution in [0, 0.1) is 6.92 Å². The molecule has 6 heteroatoms. The van der Waals surface area contributed by atoms with Crippen LogP contribution in [0.15, 0.2) is 42.5 Å². The Kier molecular flexibility index (Phi) is 5.05. The van der Waals surface area contributed by atoms with Crippen molar-refractivity contribution in [1.82, 2.24) is 0 Å². The monoisotopic (exact) mass is 332 g/mol. The standard InChI is InChI=1S/C17H20N2O3S/c1-4-13-6-5-7-15(10-13)18-17(20)14-9-8-12(2)16(11-14)19-23(3,21)22/h5-11,19H,4H2,1-3H3,(H,18,20). The van der Waals surface area contributed by atoms with Gasteiger partial charge in [-0.25, -0.2) is 8.42 Å². The topological polar surface area (TPSA) is 75.3 Å². The van der Waals surface area contributed by atoms with E-state index in [2.05, 4.69) is 10.0 Å². The molecule has 2 aromatic rings. The van der Waals surface area contributed by atoms with Gasteiger partial charge in [0.25, 0.3) is 5.91 Å². The molecule has 0 aliphatic rings. The van der Waals surface area contributed by atoms with Crippen LogP contribution in [-0.2, 0) is 16.4 Å². The normalized spacial score (nSPS) is 11.1. The molecule has 0 atom stereocenters. The molecule has 23 heavy (non-hydrogen) atoms. The van der Waals surface area contributed by atoms with E-state index in [4.69, 9.17) is 0 Å². The average Bonchev–Trinajstić information content (AvgIpc) is 2.48.